The molecule has 12 rings (SSSR count). The van der Waals surface area contributed by atoms with Gasteiger partial charge in [0.25, 0.3) is 21.6 Å². The van der Waals surface area contributed by atoms with Crippen LogP contribution in [0, 0.1) is 15.5 Å². The molecule has 5 fully saturated rings. The van der Waals surface area contributed by atoms with Crippen LogP contribution in [0.4, 0.5) is 41.6 Å². The lowest BCUT2D eigenvalue weighted by Crippen LogP contribution is -2.55. The number of fused-ring (bicyclic) bond motifs is 4. The van der Waals surface area contributed by atoms with Gasteiger partial charge in [0.15, 0.2) is 11.4 Å². The molecule has 4 saturated heterocycles. The summed E-state index contributed by atoms with van der Waals surface area (Å²) in [5.74, 6) is -0.710. The van der Waals surface area contributed by atoms with Gasteiger partial charge in [-0.15, -0.1) is 0 Å². The molecule has 2 aromatic heterocycles. The number of nitrogens with zero attached hydrogens (tertiary/aromatic N) is 5. The molecule has 1 saturated carbocycles. The van der Waals surface area contributed by atoms with Gasteiger partial charge in [-0.05, 0) is 112 Å². The number of pyridine rings is 1. The number of sulfonamides is 1. The number of nitrogens with one attached hydrogen (secondary N) is 3. The van der Waals surface area contributed by atoms with Crippen molar-refractivity contribution < 1.29 is 55.0 Å². The van der Waals surface area contributed by atoms with Crippen molar-refractivity contribution in [1.29, 1.82) is 0 Å². The zero-order valence-electron chi connectivity index (χ0n) is 41.6. The quantitative estimate of drug-likeness (QED) is 0.0890. The number of H-pyrrole nitrogens is 1. The molecule has 7 aliphatic rings. The number of aromatic nitrogens is 2. The molecular formula is C53H59F3N8O10S. The van der Waals surface area contributed by atoms with E-state index in [-0.39, 0.29) is 60.4 Å². The Bertz CT molecular complexity index is 3150. The highest BCUT2D eigenvalue weighted by Crippen LogP contribution is 2.56. The number of rotatable bonds is 10. The van der Waals surface area contributed by atoms with Crippen LogP contribution in [-0.4, -0.2) is 130 Å². The highest BCUT2D eigenvalue weighted by Gasteiger charge is 2.53. The van der Waals surface area contributed by atoms with Crippen molar-refractivity contribution in [2.75, 3.05) is 74.4 Å². The number of ether oxygens (including phenoxy) is 5. The lowest BCUT2D eigenvalue weighted by molar-refractivity contribution is -0.384. The standard InChI is InChI=1S/C53H59F3N8O10S/c1-51(2,53(54,55)56)37-7-4-3-6-35(37)39-8-5-16-62(39)33-26-52(27-33)13-17-61(18-14-52)32-9-10-36(41(23-32)63-40-12-19-70-30-46(40)74-50-43(63)22-31-11-15-57-48(31)59-50)49(65)60-75(68,69)34-24-42(64(66)67)47-44(25-34)73-28-38(58-47)45-29-71-20-21-72-45/h3-4,6-7,9-11,15,22-25,33,38-40,45-46,58H,5,8,12-14,16-21,26-30H2,1-2H3,(H,57,59)(H,60,65)/t38-,39+,40-,45-,46-/m1/s1. The number of hydrogen-bond donors (Lipinski definition) is 3. The summed E-state index contributed by atoms with van der Waals surface area (Å²) in [6.45, 7) is 6.51. The van der Waals surface area contributed by atoms with Gasteiger partial charge in [-0.3, -0.25) is 19.8 Å². The predicted molar refractivity (Wildman–Crippen MR) is 271 cm³/mol. The maximum Gasteiger partial charge on any atom is 0.397 e. The van der Waals surface area contributed by atoms with E-state index in [9.17, 15) is 36.5 Å². The van der Waals surface area contributed by atoms with E-state index in [1.54, 1.807) is 24.4 Å². The third kappa shape index (κ3) is 8.88. The van der Waals surface area contributed by atoms with Crippen molar-refractivity contribution in [2.45, 2.75) is 112 Å². The van der Waals surface area contributed by atoms with Crippen LogP contribution in [0.15, 0.2) is 77.8 Å². The van der Waals surface area contributed by atoms with Crippen molar-refractivity contribution in [1.82, 2.24) is 19.6 Å². The van der Waals surface area contributed by atoms with Gasteiger partial charge in [-0.25, -0.2) is 13.1 Å². The van der Waals surface area contributed by atoms with Gasteiger partial charge in [-0.1, -0.05) is 24.3 Å². The maximum atomic E-state index is 14.8. The highest BCUT2D eigenvalue weighted by molar-refractivity contribution is 7.90. The molecule has 18 nitrogen and oxygen atoms in total. The van der Waals surface area contributed by atoms with E-state index in [0.717, 1.165) is 73.8 Å². The Morgan fingerprint density at radius 1 is 0.920 bits per heavy atom. The number of anilines is 4. The fourth-order valence-corrected chi connectivity index (χ4v) is 13.7. The first-order chi connectivity index (χ1) is 36.0. The van der Waals surface area contributed by atoms with E-state index in [4.69, 9.17) is 28.7 Å². The van der Waals surface area contributed by atoms with Crippen LogP contribution in [-0.2, 0) is 29.6 Å². The predicted octanol–water partition coefficient (Wildman–Crippen LogP) is 8.29. The molecule has 5 aromatic rings. The molecule has 6 aliphatic heterocycles. The molecule has 0 radical (unpaired) electrons. The SMILES string of the molecule is CC(C)(c1ccccc1[C@@H]1CCCN1C1CC2(CCN(c3ccc(C(=O)NS(=O)(=O)c4cc5c(c([N+](=O)[O-])c4)N[C@@H]([C@H]4COCCO4)CO5)c(N4c5cc6cc[nH]c6nc5O[C@@H]5COCC[C@H]54)c3)CC2)C1)C(F)(F)F. The summed E-state index contributed by atoms with van der Waals surface area (Å²) >= 11 is 0. The van der Waals surface area contributed by atoms with E-state index < -0.39 is 61.3 Å². The van der Waals surface area contributed by atoms with Crippen molar-refractivity contribution in [3.8, 4) is 11.6 Å². The van der Waals surface area contributed by atoms with Gasteiger partial charge in [0.05, 0.1) is 65.0 Å². The summed E-state index contributed by atoms with van der Waals surface area (Å²) in [7, 11) is -4.76. The fourth-order valence-electron chi connectivity index (χ4n) is 12.7. The van der Waals surface area contributed by atoms with Gasteiger partial charge in [0.2, 0.25) is 5.88 Å². The number of aromatic amines is 1. The van der Waals surface area contributed by atoms with Gasteiger partial charge in [0.1, 0.15) is 30.1 Å². The minimum absolute atomic E-state index is 0.00891. The third-order valence-electron chi connectivity index (χ3n) is 16.9. The van der Waals surface area contributed by atoms with Crippen LogP contribution in [0.3, 0.4) is 0 Å². The molecule has 3 N–H and O–H groups in total. The number of halogens is 3. The largest absolute Gasteiger partial charge is 0.489 e. The first-order valence-corrected chi connectivity index (χ1v) is 27.3. The second-order valence-electron chi connectivity index (χ2n) is 21.6. The molecule has 8 heterocycles. The number of likely N-dealkylation sites (tertiary alicyclic amines) is 1. The number of carbonyl (C=O) groups is 1. The number of carbonyl (C=O) groups excluding carboxylic acids is 1. The lowest BCUT2D eigenvalue weighted by Gasteiger charge is -2.56. The topological polar surface area (TPSA) is 203 Å². The summed E-state index contributed by atoms with van der Waals surface area (Å²) in [6, 6.07) is 17.7. The Morgan fingerprint density at radius 2 is 1.71 bits per heavy atom. The zero-order chi connectivity index (χ0) is 52.0. The monoisotopic (exact) mass is 1060 g/mol. The maximum absolute atomic E-state index is 14.8. The van der Waals surface area contributed by atoms with Crippen molar-refractivity contribution >= 4 is 55.4 Å². The molecule has 0 bridgehead atoms. The normalized spacial score (nSPS) is 25.1. The Morgan fingerprint density at radius 3 is 2.48 bits per heavy atom. The van der Waals surface area contributed by atoms with Gasteiger partial charge < -0.3 is 43.8 Å². The van der Waals surface area contributed by atoms with Crippen molar-refractivity contribution in [3.63, 3.8) is 0 Å². The Hall–Kier alpha value is -6.20. The van der Waals surface area contributed by atoms with Crippen molar-refractivity contribution in [3.05, 3.63) is 99.7 Å². The smallest absolute Gasteiger partial charge is 0.397 e. The lowest BCUT2D eigenvalue weighted by atomic mass is 9.59. The molecule has 0 unspecified atom stereocenters. The van der Waals surface area contributed by atoms with E-state index in [1.165, 1.54) is 13.8 Å². The van der Waals surface area contributed by atoms with Crippen LogP contribution in [0.2, 0.25) is 0 Å². The van der Waals surface area contributed by atoms with E-state index in [1.807, 2.05) is 41.3 Å². The van der Waals surface area contributed by atoms with E-state index in [2.05, 4.69) is 24.8 Å². The minimum atomic E-state index is -4.76. The Balaban J connectivity index is 0.827. The van der Waals surface area contributed by atoms with Crippen LogP contribution >= 0.6 is 0 Å². The molecule has 3 aromatic carbocycles. The highest BCUT2D eigenvalue weighted by atomic mass is 32.2. The molecule has 1 amide bonds. The van der Waals surface area contributed by atoms with E-state index in [0.29, 0.717) is 67.8 Å². The summed E-state index contributed by atoms with van der Waals surface area (Å²) in [4.78, 5) is 40.7. The Labute approximate surface area is 431 Å². The molecule has 5 atom stereocenters. The van der Waals surface area contributed by atoms with Crippen LogP contribution < -0.4 is 29.3 Å². The summed E-state index contributed by atoms with van der Waals surface area (Å²) in [6.07, 6.45) is 2.40. The fraction of sp³-hybridized carbons (Fsp3) is 0.509. The van der Waals surface area contributed by atoms with E-state index >= 15 is 0 Å². The number of piperidine rings is 1. The minimum Gasteiger partial charge on any atom is -0.489 e. The summed E-state index contributed by atoms with van der Waals surface area (Å²) in [5.41, 5.74) is 1.10. The number of nitro groups is 1. The second kappa shape index (κ2) is 18.8. The first kappa shape index (κ1) is 49.7. The van der Waals surface area contributed by atoms with Gasteiger partial charge >= 0.3 is 6.18 Å². The van der Waals surface area contributed by atoms with Gasteiger partial charge in [0, 0.05) is 61.2 Å². The summed E-state index contributed by atoms with van der Waals surface area (Å²) in [5, 5.41) is 16.4. The average Bonchev–Trinajstić information content (AvgIpc) is 4.11. The van der Waals surface area contributed by atoms with Crippen LogP contribution in [0.25, 0.3) is 11.0 Å². The van der Waals surface area contributed by atoms with Crippen molar-refractivity contribution in [2.24, 2.45) is 5.41 Å². The second-order valence-corrected chi connectivity index (χ2v) is 23.3. The third-order valence-corrected chi connectivity index (χ3v) is 18.2. The zero-order valence-corrected chi connectivity index (χ0v) is 42.4. The van der Waals surface area contributed by atoms with Gasteiger partial charge in [-0.2, -0.15) is 18.2 Å². The number of benzene rings is 3. The van der Waals surface area contributed by atoms with Crippen LogP contribution in [0.1, 0.15) is 86.3 Å². The molecule has 1 spiro atoms. The molecule has 398 valence electrons. The number of alkyl halides is 3. The molecule has 22 heteroatoms. The molecular weight excluding hydrogens is 998 g/mol. The number of hydrogen-bond acceptors (Lipinski definition) is 15. The Kier molecular flexibility index (Phi) is 12.5. The molecule has 1 aliphatic carbocycles. The molecule has 75 heavy (non-hydrogen) atoms. The first-order valence-electron chi connectivity index (χ1n) is 25.8. The average molecular weight is 1060 g/mol. The number of nitro benzene ring substituents is 1. The summed E-state index contributed by atoms with van der Waals surface area (Å²) < 4.78 is 104. The number of amides is 1. The van der Waals surface area contributed by atoms with Crippen LogP contribution in [0.5, 0.6) is 11.6 Å².